The van der Waals surface area contributed by atoms with Gasteiger partial charge < -0.3 is 14.2 Å². The molecule has 1 aliphatic rings. The van der Waals surface area contributed by atoms with E-state index >= 15 is 0 Å². The predicted molar refractivity (Wildman–Crippen MR) is 121 cm³/mol. The third-order valence-corrected chi connectivity index (χ3v) is 5.94. The molecule has 1 fully saturated rings. The monoisotopic (exact) mass is 475 g/mol. The predicted octanol–water partition coefficient (Wildman–Crippen LogP) is 4.02. The Morgan fingerprint density at radius 3 is 2.88 bits per heavy atom. The first-order valence-corrected chi connectivity index (χ1v) is 11.2. The summed E-state index contributed by atoms with van der Waals surface area (Å²) in [5.74, 6) is 0.435. The van der Waals surface area contributed by atoms with Crippen LogP contribution in [-0.4, -0.2) is 52.5 Å². The van der Waals surface area contributed by atoms with E-state index in [0.717, 1.165) is 23.5 Å². The Hall–Kier alpha value is -2.82. The van der Waals surface area contributed by atoms with Gasteiger partial charge in [-0.15, -0.1) is 5.10 Å². The molecule has 2 atom stereocenters. The first kappa shape index (κ1) is 22.4. The molecule has 0 radical (unpaired) electrons. The van der Waals surface area contributed by atoms with Crippen LogP contribution in [-0.2, 0) is 4.74 Å². The largest absolute Gasteiger partial charge is 0.494 e. The second kappa shape index (κ2) is 9.76. The quantitative estimate of drug-likeness (QED) is 0.510. The highest BCUT2D eigenvalue weighted by molar-refractivity contribution is 7.17. The minimum absolute atomic E-state index is 0.249. The molecule has 0 saturated carbocycles. The topological polar surface area (TPSA) is 108 Å². The van der Waals surface area contributed by atoms with Gasteiger partial charge in [0, 0.05) is 28.9 Å². The van der Waals surface area contributed by atoms with Crippen LogP contribution in [0.1, 0.15) is 29.4 Å². The average Bonchev–Trinajstić information content (AvgIpc) is 3.40. The molecule has 1 unspecified atom stereocenters. The van der Waals surface area contributed by atoms with Crippen molar-refractivity contribution in [2.24, 2.45) is 5.92 Å². The van der Waals surface area contributed by atoms with Crippen LogP contribution in [0.5, 0.6) is 10.9 Å². The number of rotatable bonds is 7. The molecule has 1 N–H and O–H groups in total. The number of aryl methyl sites for hydroxylation is 1. The van der Waals surface area contributed by atoms with Crippen molar-refractivity contribution in [3.8, 4) is 22.1 Å². The van der Waals surface area contributed by atoms with Gasteiger partial charge in [-0.2, -0.15) is 0 Å². The van der Waals surface area contributed by atoms with Crippen molar-refractivity contribution in [1.29, 1.82) is 0 Å². The molecule has 32 heavy (non-hydrogen) atoms. The standard InChI is InChI=1S/C21H22ClN5O4S/c1-11-4-14(15-6-18(22)24-8-17(15)29-3)16(7-23-11)19(28)25-20-26-27-21(32-20)31-10-13-5-12(2)30-9-13/h4,6-8,12-13H,5,9-10H2,1-3H3,(H,25,26,28)/t12?,13-/m0/s1. The summed E-state index contributed by atoms with van der Waals surface area (Å²) in [5, 5.41) is 11.8. The molecular weight excluding hydrogens is 454 g/mol. The van der Waals surface area contributed by atoms with Crippen molar-refractivity contribution in [3.05, 3.63) is 40.9 Å². The van der Waals surface area contributed by atoms with Crippen molar-refractivity contribution in [2.75, 3.05) is 25.6 Å². The minimum atomic E-state index is -0.386. The van der Waals surface area contributed by atoms with Gasteiger partial charge >= 0.3 is 0 Å². The summed E-state index contributed by atoms with van der Waals surface area (Å²) in [5.41, 5.74) is 2.33. The lowest BCUT2D eigenvalue weighted by Gasteiger charge is -2.13. The normalized spacial score (nSPS) is 17.9. The van der Waals surface area contributed by atoms with Crippen molar-refractivity contribution in [1.82, 2.24) is 20.2 Å². The summed E-state index contributed by atoms with van der Waals surface area (Å²) in [6.07, 6.45) is 4.22. The van der Waals surface area contributed by atoms with E-state index < -0.39 is 0 Å². The molecule has 0 bridgehead atoms. The lowest BCUT2D eigenvalue weighted by atomic mass is 10.0. The van der Waals surface area contributed by atoms with Crippen molar-refractivity contribution in [3.63, 3.8) is 0 Å². The Labute approximate surface area is 194 Å². The van der Waals surface area contributed by atoms with Crippen LogP contribution in [0.25, 0.3) is 11.1 Å². The summed E-state index contributed by atoms with van der Waals surface area (Å²) in [6, 6.07) is 3.44. The maximum Gasteiger partial charge on any atom is 0.295 e. The summed E-state index contributed by atoms with van der Waals surface area (Å²) < 4.78 is 16.7. The number of hydrogen-bond donors (Lipinski definition) is 1. The smallest absolute Gasteiger partial charge is 0.295 e. The van der Waals surface area contributed by atoms with E-state index in [2.05, 4.69) is 25.5 Å². The first-order chi connectivity index (χ1) is 15.4. The number of nitrogens with one attached hydrogen (secondary N) is 1. The van der Waals surface area contributed by atoms with Crippen LogP contribution in [0.2, 0.25) is 5.15 Å². The average molecular weight is 476 g/mol. The van der Waals surface area contributed by atoms with Gasteiger partial charge in [-0.1, -0.05) is 16.7 Å². The lowest BCUT2D eigenvalue weighted by molar-refractivity contribution is 0.102. The molecule has 3 aromatic heterocycles. The van der Waals surface area contributed by atoms with Gasteiger partial charge in [-0.25, -0.2) is 4.98 Å². The van der Waals surface area contributed by atoms with Crippen LogP contribution in [0.4, 0.5) is 5.13 Å². The zero-order chi connectivity index (χ0) is 22.7. The zero-order valence-electron chi connectivity index (χ0n) is 17.8. The Morgan fingerprint density at radius 2 is 2.12 bits per heavy atom. The van der Waals surface area contributed by atoms with E-state index in [4.69, 9.17) is 25.8 Å². The van der Waals surface area contributed by atoms with E-state index in [1.54, 1.807) is 12.1 Å². The highest BCUT2D eigenvalue weighted by Gasteiger charge is 2.23. The van der Waals surface area contributed by atoms with Crippen LogP contribution in [0.15, 0.2) is 24.5 Å². The number of pyridine rings is 2. The third kappa shape index (κ3) is 5.14. The van der Waals surface area contributed by atoms with Gasteiger partial charge in [0.2, 0.25) is 5.13 Å². The molecule has 3 aromatic rings. The molecule has 4 heterocycles. The van der Waals surface area contributed by atoms with E-state index in [0.29, 0.717) is 51.9 Å². The number of amides is 1. The van der Waals surface area contributed by atoms with Crippen molar-refractivity contribution < 1.29 is 19.0 Å². The number of halogens is 1. The highest BCUT2D eigenvalue weighted by Crippen LogP contribution is 2.34. The second-order valence-corrected chi connectivity index (χ2v) is 8.79. The van der Waals surface area contributed by atoms with Crippen LogP contribution >= 0.6 is 22.9 Å². The summed E-state index contributed by atoms with van der Waals surface area (Å²) >= 11 is 7.25. The Morgan fingerprint density at radius 1 is 1.28 bits per heavy atom. The van der Waals surface area contributed by atoms with Crippen LogP contribution in [0.3, 0.4) is 0 Å². The molecule has 4 rings (SSSR count). The fraction of sp³-hybridized carbons (Fsp3) is 0.381. The van der Waals surface area contributed by atoms with Gasteiger partial charge in [0.15, 0.2) is 0 Å². The van der Waals surface area contributed by atoms with E-state index in [9.17, 15) is 4.79 Å². The molecule has 1 saturated heterocycles. The number of carbonyl (C=O) groups is 1. The van der Waals surface area contributed by atoms with Crippen LogP contribution < -0.4 is 14.8 Å². The molecule has 0 aliphatic carbocycles. The molecule has 1 amide bonds. The Balaban J connectivity index is 1.51. The summed E-state index contributed by atoms with van der Waals surface area (Å²) in [7, 11) is 1.53. The number of hydrogen-bond acceptors (Lipinski definition) is 9. The maximum atomic E-state index is 13.1. The molecule has 11 heteroatoms. The number of nitrogens with zero attached hydrogens (tertiary/aromatic N) is 4. The number of carbonyl (C=O) groups excluding carboxylic acids is 1. The van der Waals surface area contributed by atoms with E-state index in [1.165, 1.54) is 19.5 Å². The van der Waals surface area contributed by atoms with E-state index in [1.807, 2.05) is 13.8 Å². The SMILES string of the molecule is COc1cnc(Cl)cc1-c1cc(C)ncc1C(=O)Nc1nnc(OC[C@@H]2COC(C)C2)s1. The molecule has 0 aromatic carbocycles. The van der Waals surface area contributed by atoms with Gasteiger partial charge in [0.1, 0.15) is 10.9 Å². The highest BCUT2D eigenvalue weighted by atomic mass is 35.5. The maximum absolute atomic E-state index is 13.1. The second-order valence-electron chi connectivity index (χ2n) is 7.46. The minimum Gasteiger partial charge on any atom is -0.494 e. The summed E-state index contributed by atoms with van der Waals surface area (Å²) in [4.78, 5) is 21.4. The van der Waals surface area contributed by atoms with Gasteiger partial charge in [-0.05, 0) is 43.7 Å². The fourth-order valence-corrected chi connectivity index (χ4v) is 4.21. The van der Waals surface area contributed by atoms with E-state index in [-0.39, 0.29) is 17.2 Å². The molecule has 0 spiro atoms. The number of methoxy groups -OCH3 is 1. The Bertz CT molecular complexity index is 1130. The summed E-state index contributed by atoms with van der Waals surface area (Å²) in [6.45, 7) is 5.06. The van der Waals surface area contributed by atoms with Crippen molar-refractivity contribution >= 4 is 34.0 Å². The van der Waals surface area contributed by atoms with Gasteiger partial charge in [-0.3, -0.25) is 15.1 Å². The molecule has 168 valence electrons. The molecule has 1 aliphatic heterocycles. The van der Waals surface area contributed by atoms with Crippen molar-refractivity contribution in [2.45, 2.75) is 26.4 Å². The first-order valence-electron chi connectivity index (χ1n) is 9.98. The van der Waals surface area contributed by atoms with Gasteiger partial charge in [0.25, 0.3) is 11.1 Å². The lowest BCUT2D eigenvalue weighted by Crippen LogP contribution is -2.14. The zero-order valence-corrected chi connectivity index (χ0v) is 19.4. The third-order valence-electron chi connectivity index (χ3n) is 4.98. The molecular formula is C21H22ClN5O4S. The fourth-order valence-electron chi connectivity index (χ4n) is 3.45. The van der Waals surface area contributed by atoms with Gasteiger partial charge in [0.05, 0.1) is 38.2 Å². The Kier molecular flexibility index (Phi) is 6.83. The molecule has 9 nitrogen and oxygen atoms in total. The number of anilines is 1. The number of aromatic nitrogens is 4. The van der Waals surface area contributed by atoms with Crippen LogP contribution in [0, 0.1) is 12.8 Å². The number of ether oxygens (including phenoxy) is 3.